The first-order valence-corrected chi connectivity index (χ1v) is 5.63. The van der Waals surface area contributed by atoms with Gasteiger partial charge in [0.15, 0.2) is 0 Å². The van der Waals surface area contributed by atoms with Gasteiger partial charge in [-0.05, 0) is 27.2 Å². The van der Waals surface area contributed by atoms with Crippen LogP contribution in [-0.4, -0.2) is 54.0 Å². The Hall–Kier alpha value is -0.810. The van der Waals surface area contributed by atoms with Crippen molar-refractivity contribution in [3.8, 4) is 0 Å². The molecule has 1 heterocycles. The van der Waals surface area contributed by atoms with Crippen molar-refractivity contribution >= 4 is 6.09 Å². The number of hydrogen-bond acceptors (Lipinski definition) is 4. The molecule has 2 atom stereocenters. The van der Waals surface area contributed by atoms with Crippen LogP contribution in [0.5, 0.6) is 0 Å². The van der Waals surface area contributed by atoms with Crippen LogP contribution in [0.1, 0.15) is 27.2 Å². The fraction of sp³-hybridized carbons (Fsp3) is 0.909. The summed E-state index contributed by atoms with van der Waals surface area (Å²) in [5, 5.41) is 12.1. The van der Waals surface area contributed by atoms with E-state index in [0.717, 1.165) is 6.42 Å². The molecule has 0 aromatic carbocycles. The van der Waals surface area contributed by atoms with Crippen molar-refractivity contribution in [2.75, 3.05) is 20.2 Å². The molecule has 1 fully saturated rings. The molecule has 0 bridgehead atoms. The number of aliphatic hydroxyl groups excluding tert-OH is 1. The molecule has 0 spiro atoms. The van der Waals surface area contributed by atoms with Crippen molar-refractivity contribution in [2.24, 2.45) is 0 Å². The lowest BCUT2D eigenvalue weighted by Gasteiger charge is -2.28. The summed E-state index contributed by atoms with van der Waals surface area (Å²) in [7, 11) is 1.74. The van der Waals surface area contributed by atoms with Gasteiger partial charge in [0, 0.05) is 25.7 Å². The summed E-state index contributed by atoms with van der Waals surface area (Å²) in [5.74, 6) is 0. The summed E-state index contributed by atoms with van der Waals surface area (Å²) in [5.41, 5.74) is -0.465. The summed E-state index contributed by atoms with van der Waals surface area (Å²) in [6.07, 6.45) is 0.463. The third kappa shape index (κ3) is 3.64. The zero-order valence-electron chi connectivity index (χ0n) is 10.5. The monoisotopic (exact) mass is 230 g/mol. The van der Waals surface area contributed by atoms with Crippen LogP contribution in [0.4, 0.5) is 4.79 Å². The Morgan fingerprint density at radius 3 is 2.62 bits per heavy atom. The van der Waals surface area contributed by atoms with Crippen molar-refractivity contribution in [3.05, 3.63) is 0 Å². The Morgan fingerprint density at radius 1 is 1.56 bits per heavy atom. The first-order valence-electron chi connectivity index (χ1n) is 5.63. The van der Waals surface area contributed by atoms with Crippen molar-refractivity contribution in [1.82, 2.24) is 10.2 Å². The van der Waals surface area contributed by atoms with Gasteiger partial charge in [0.25, 0.3) is 0 Å². The van der Waals surface area contributed by atoms with Crippen LogP contribution in [0.3, 0.4) is 0 Å². The summed E-state index contributed by atoms with van der Waals surface area (Å²) >= 11 is 0. The second-order valence-corrected chi connectivity index (χ2v) is 5.27. The van der Waals surface area contributed by atoms with Gasteiger partial charge in [0.2, 0.25) is 0 Å². The van der Waals surface area contributed by atoms with Gasteiger partial charge >= 0.3 is 6.09 Å². The van der Waals surface area contributed by atoms with Crippen LogP contribution in [-0.2, 0) is 4.74 Å². The number of rotatable bonds is 2. The van der Waals surface area contributed by atoms with E-state index in [4.69, 9.17) is 9.84 Å². The molecule has 0 aromatic heterocycles. The van der Waals surface area contributed by atoms with Gasteiger partial charge in [-0.3, -0.25) is 0 Å². The zero-order valence-corrected chi connectivity index (χ0v) is 10.5. The fourth-order valence-corrected chi connectivity index (χ4v) is 1.71. The highest BCUT2D eigenvalue weighted by Gasteiger charge is 2.31. The molecule has 1 amide bonds. The summed E-state index contributed by atoms with van der Waals surface area (Å²) < 4.78 is 5.28. The van der Waals surface area contributed by atoms with Crippen molar-refractivity contribution in [3.63, 3.8) is 0 Å². The van der Waals surface area contributed by atoms with E-state index in [1.54, 1.807) is 11.9 Å². The summed E-state index contributed by atoms with van der Waals surface area (Å²) in [4.78, 5) is 13.4. The number of likely N-dealkylation sites (N-methyl/N-ethyl adjacent to an activating group) is 1. The lowest BCUT2D eigenvalue weighted by Crippen LogP contribution is -2.41. The van der Waals surface area contributed by atoms with E-state index in [0.29, 0.717) is 6.54 Å². The highest BCUT2D eigenvalue weighted by molar-refractivity contribution is 5.68. The van der Waals surface area contributed by atoms with Gasteiger partial charge in [0.1, 0.15) is 5.60 Å². The van der Waals surface area contributed by atoms with Crippen LogP contribution in [0.25, 0.3) is 0 Å². The smallest absolute Gasteiger partial charge is 0.410 e. The largest absolute Gasteiger partial charge is 0.444 e. The van der Waals surface area contributed by atoms with Gasteiger partial charge in [-0.2, -0.15) is 0 Å². The van der Waals surface area contributed by atoms with Gasteiger partial charge in [-0.25, -0.2) is 4.79 Å². The van der Waals surface area contributed by atoms with Crippen LogP contribution in [0.2, 0.25) is 0 Å². The molecule has 0 unspecified atom stereocenters. The Balaban J connectivity index is 2.46. The lowest BCUT2D eigenvalue weighted by atomic mass is 10.1. The highest BCUT2D eigenvalue weighted by Crippen LogP contribution is 2.15. The molecule has 0 aromatic rings. The number of nitrogens with zero attached hydrogens (tertiary/aromatic N) is 1. The van der Waals surface area contributed by atoms with E-state index in [2.05, 4.69) is 5.32 Å². The maximum absolute atomic E-state index is 11.8. The molecule has 5 nitrogen and oxygen atoms in total. The van der Waals surface area contributed by atoms with Crippen molar-refractivity contribution in [2.45, 2.75) is 44.9 Å². The maximum Gasteiger partial charge on any atom is 0.410 e. The average Bonchev–Trinajstić information content (AvgIpc) is 2.61. The molecule has 0 aliphatic carbocycles. The van der Waals surface area contributed by atoms with E-state index in [9.17, 15) is 4.79 Å². The fourth-order valence-electron chi connectivity index (χ4n) is 1.71. The normalized spacial score (nSPS) is 25.6. The van der Waals surface area contributed by atoms with Crippen LogP contribution < -0.4 is 5.32 Å². The predicted octanol–water partition coefficient (Wildman–Crippen LogP) is 0.576. The molecular weight excluding hydrogens is 208 g/mol. The molecule has 2 N–H and O–H groups in total. The number of carbonyl (C=O) groups is 1. The minimum atomic E-state index is -0.465. The Kier molecular flexibility index (Phi) is 4.15. The van der Waals surface area contributed by atoms with Gasteiger partial charge in [-0.1, -0.05) is 0 Å². The molecule has 94 valence electrons. The molecule has 0 saturated carbocycles. The van der Waals surface area contributed by atoms with E-state index >= 15 is 0 Å². The van der Waals surface area contributed by atoms with Gasteiger partial charge in [0.05, 0.1) is 6.61 Å². The third-order valence-corrected chi connectivity index (χ3v) is 2.65. The number of carbonyl (C=O) groups excluding carboxylic acids is 1. The lowest BCUT2D eigenvalue weighted by molar-refractivity contribution is 0.0233. The molecule has 1 saturated heterocycles. The maximum atomic E-state index is 11.8. The Bertz CT molecular complexity index is 250. The number of hydrogen-bond donors (Lipinski definition) is 2. The second-order valence-electron chi connectivity index (χ2n) is 5.27. The molecule has 16 heavy (non-hydrogen) atoms. The van der Waals surface area contributed by atoms with E-state index in [1.165, 1.54) is 0 Å². The predicted molar refractivity (Wildman–Crippen MR) is 61.3 cm³/mol. The number of nitrogens with one attached hydrogen (secondary N) is 1. The number of ether oxygens (including phenoxy) is 1. The van der Waals surface area contributed by atoms with Gasteiger partial charge in [-0.15, -0.1) is 0 Å². The standard InChI is InChI=1S/C11H22N2O3/c1-11(2,3)16-10(15)13(4)9-5-8(7-14)12-6-9/h8-9,12,14H,5-7H2,1-4H3/t8-,9-/m1/s1. The molecule has 0 radical (unpaired) electrons. The van der Waals surface area contributed by atoms with Crippen molar-refractivity contribution < 1.29 is 14.6 Å². The Morgan fingerprint density at radius 2 is 2.19 bits per heavy atom. The van der Waals surface area contributed by atoms with Crippen LogP contribution in [0.15, 0.2) is 0 Å². The molecule has 1 rings (SSSR count). The highest BCUT2D eigenvalue weighted by atomic mass is 16.6. The van der Waals surface area contributed by atoms with Crippen molar-refractivity contribution in [1.29, 1.82) is 0 Å². The summed E-state index contributed by atoms with van der Waals surface area (Å²) in [6, 6.07) is 0.196. The zero-order chi connectivity index (χ0) is 12.3. The first kappa shape index (κ1) is 13.3. The quantitative estimate of drug-likeness (QED) is 0.728. The van der Waals surface area contributed by atoms with E-state index < -0.39 is 5.60 Å². The van der Waals surface area contributed by atoms with E-state index in [1.807, 2.05) is 20.8 Å². The topological polar surface area (TPSA) is 61.8 Å². The molecule has 1 aliphatic heterocycles. The average molecular weight is 230 g/mol. The van der Waals surface area contributed by atoms with Gasteiger partial charge < -0.3 is 20.1 Å². The Labute approximate surface area is 96.8 Å². The minimum absolute atomic E-state index is 0.0925. The third-order valence-electron chi connectivity index (χ3n) is 2.65. The molecular formula is C11H22N2O3. The van der Waals surface area contributed by atoms with Crippen LogP contribution >= 0.6 is 0 Å². The van der Waals surface area contributed by atoms with E-state index in [-0.39, 0.29) is 24.8 Å². The molecule has 5 heteroatoms. The summed E-state index contributed by atoms with van der Waals surface area (Å²) in [6.45, 7) is 6.37. The SMILES string of the molecule is CN(C(=O)OC(C)(C)C)[C@H]1CN[C@@H](CO)C1. The second kappa shape index (κ2) is 5.01. The minimum Gasteiger partial charge on any atom is -0.444 e. The molecule has 1 aliphatic rings. The number of aliphatic hydroxyl groups is 1. The van der Waals surface area contributed by atoms with Crippen LogP contribution in [0, 0.1) is 0 Å². The number of amides is 1. The first-order chi connectivity index (χ1) is 7.33.